The molecule has 3 aliphatic carbocycles. The van der Waals surface area contributed by atoms with Crippen molar-refractivity contribution in [2.75, 3.05) is 0 Å². The highest BCUT2D eigenvalue weighted by Gasteiger charge is 2.53. The first-order chi connectivity index (χ1) is 15.3. The number of carbonyl (C=O) groups is 4. The zero-order valence-electron chi connectivity index (χ0n) is 19.4. The molecule has 0 aliphatic heterocycles. The van der Waals surface area contributed by atoms with E-state index in [2.05, 4.69) is 0 Å². The van der Waals surface area contributed by atoms with Gasteiger partial charge in [-0.1, -0.05) is 43.9 Å². The zero-order chi connectivity index (χ0) is 24.5. The topological polar surface area (TPSA) is 118 Å². The van der Waals surface area contributed by atoms with Crippen LogP contribution >= 0.6 is 0 Å². The van der Waals surface area contributed by atoms with Crippen LogP contribution in [0.3, 0.4) is 0 Å². The normalized spacial score (nSPS) is 28.1. The third kappa shape index (κ3) is 3.39. The number of Topliss-reactive ketones (excluding diaryl/α,β-unsaturated/α-hetero) is 3. The van der Waals surface area contributed by atoms with Gasteiger partial charge in [-0.15, -0.1) is 0 Å². The molecule has 0 aromatic heterocycles. The first kappa shape index (κ1) is 23.2. The Bertz CT molecular complexity index is 1170. The molecule has 0 spiro atoms. The van der Waals surface area contributed by atoms with Crippen molar-refractivity contribution in [3.05, 3.63) is 46.6 Å². The van der Waals surface area contributed by atoms with Crippen molar-refractivity contribution in [2.45, 2.75) is 57.5 Å². The van der Waals surface area contributed by atoms with Gasteiger partial charge in [0.25, 0.3) is 0 Å². The van der Waals surface area contributed by atoms with E-state index in [9.17, 15) is 29.4 Å². The maximum atomic E-state index is 13.4. The lowest BCUT2D eigenvalue weighted by molar-refractivity contribution is -0.166. The molecule has 0 fully saturated rings. The van der Waals surface area contributed by atoms with E-state index in [0.717, 1.165) is 0 Å². The maximum absolute atomic E-state index is 13.4. The fraction of sp³-hybridized carbons (Fsp3) is 0.440. The van der Waals surface area contributed by atoms with Gasteiger partial charge in [-0.3, -0.25) is 19.2 Å². The van der Waals surface area contributed by atoms with Crippen LogP contribution in [-0.4, -0.2) is 47.2 Å². The average molecular weight is 469 g/mol. The number of hydrogen-bond acceptors (Lipinski definition) is 7. The van der Waals surface area contributed by atoms with E-state index < -0.39 is 54.3 Å². The molecule has 174 valence electrons. The van der Waals surface area contributed by atoms with Crippen LogP contribution in [0, 0.1) is 11.8 Å². The minimum absolute atomic E-state index is 0.146. The van der Waals surface area contributed by atoms with E-state index in [0.29, 0.717) is 5.56 Å². The van der Waals surface area contributed by atoms with Crippen molar-refractivity contribution >= 4 is 31.4 Å². The second-order valence-electron chi connectivity index (χ2n) is 10.3. The van der Waals surface area contributed by atoms with Crippen LogP contribution in [-0.2, 0) is 20.7 Å². The molecular weight excluding hydrogens is 440 g/mol. The summed E-state index contributed by atoms with van der Waals surface area (Å²) in [6, 6.07) is 0. The van der Waals surface area contributed by atoms with Gasteiger partial charge in [0.15, 0.2) is 23.0 Å². The van der Waals surface area contributed by atoms with Crippen molar-refractivity contribution in [3.63, 3.8) is 0 Å². The number of benzene rings is 1. The summed E-state index contributed by atoms with van der Waals surface area (Å²) in [6.07, 6.45) is 6.60. The number of phenolic OH excluding ortho intramolecular Hbond substituents is 2. The van der Waals surface area contributed by atoms with E-state index in [4.69, 9.17) is 4.74 Å². The van der Waals surface area contributed by atoms with E-state index in [1.165, 1.54) is 13.8 Å². The lowest BCUT2D eigenvalue weighted by Gasteiger charge is -2.45. The summed E-state index contributed by atoms with van der Waals surface area (Å²) >= 11 is 0. The Labute approximate surface area is 193 Å². The van der Waals surface area contributed by atoms with Crippen molar-refractivity contribution < 1.29 is 34.1 Å². The third-order valence-electron chi connectivity index (χ3n) is 7.19. The van der Waals surface area contributed by atoms with Gasteiger partial charge in [0.05, 0.1) is 31.0 Å². The quantitative estimate of drug-likeness (QED) is 0.395. The highest BCUT2D eigenvalue weighted by Crippen LogP contribution is 2.54. The molecule has 4 atom stereocenters. The summed E-state index contributed by atoms with van der Waals surface area (Å²) in [5, 5.41) is 22.8. The molecule has 0 saturated carbocycles. The predicted octanol–water partition coefficient (Wildman–Crippen LogP) is 3.63. The highest BCUT2D eigenvalue weighted by molar-refractivity contribution is 6.77. The first-order valence-electron chi connectivity index (χ1n) is 11.0. The van der Waals surface area contributed by atoms with Gasteiger partial charge < -0.3 is 14.9 Å². The Morgan fingerprint density at radius 1 is 0.970 bits per heavy atom. The fourth-order valence-corrected chi connectivity index (χ4v) is 7.61. The smallest absolute Gasteiger partial charge is 0.303 e. The van der Waals surface area contributed by atoms with Gasteiger partial charge in [0, 0.05) is 24.5 Å². The number of phenols is 2. The van der Waals surface area contributed by atoms with Gasteiger partial charge >= 0.3 is 5.97 Å². The summed E-state index contributed by atoms with van der Waals surface area (Å²) in [6.45, 7) is 8.68. The van der Waals surface area contributed by atoms with Gasteiger partial charge in [0.2, 0.25) is 0 Å². The van der Waals surface area contributed by atoms with E-state index >= 15 is 0 Å². The van der Waals surface area contributed by atoms with Gasteiger partial charge in [-0.25, -0.2) is 0 Å². The third-order valence-corrected chi connectivity index (χ3v) is 9.78. The molecule has 3 aliphatic rings. The Morgan fingerprint density at radius 2 is 1.48 bits per heavy atom. The molecule has 0 amide bonds. The minimum atomic E-state index is -2.20. The van der Waals surface area contributed by atoms with E-state index in [-0.39, 0.29) is 41.1 Å². The summed E-state index contributed by atoms with van der Waals surface area (Å²) in [4.78, 5) is 51.5. The van der Waals surface area contributed by atoms with E-state index in [1.54, 1.807) is 24.3 Å². The van der Waals surface area contributed by atoms with Crippen LogP contribution in [0.4, 0.5) is 0 Å². The lowest BCUT2D eigenvalue weighted by atomic mass is 9.68. The van der Waals surface area contributed by atoms with Crippen LogP contribution in [0.25, 0.3) is 0 Å². The molecular formula is C25H28O7Si. The molecule has 0 bridgehead atoms. The van der Waals surface area contributed by atoms with Crippen molar-refractivity contribution in [3.8, 4) is 11.5 Å². The van der Waals surface area contributed by atoms with Crippen molar-refractivity contribution in [1.29, 1.82) is 0 Å². The van der Waals surface area contributed by atoms with Crippen LogP contribution in [0.2, 0.25) is 19.6 Å². The fourth-order valence-electron chi connectivity index (χ4n) is 5.49. The molecule has 0 heterocycles. The number of esters is 1. The van der Waals surface area contributed by atoms with Gasteiger partial charge in [0.1, 0.15) is 11.5 Å². The highest BCUT2D eigenvalue weighted by atomic mass is 28.3. The molecule has 8 heteroatoms. The summed E-state index contributed by atoms with van der Waals surface area (Å²) < 4.78 is 5.56. The number of ether oxygens (including phenoxy) is 1. The molecule has 0 radical (unpaired) electrons. The number of hydrogen-bond donors (Lipinski definition) is 2. The Morgan fingerprint density at radius 3 is 1.94 bits per heavy atom. The second kappa shape index (κ2) is 7.51. The van der Waals surface area contributed by atoms with Crippen LogP contribution in [0.1, 0.15) is 57.7 Å². The summed E-state index contributed by atoms with van der Waals surface area (Å²) in [5.74, 6) is -4.07. The van der Waals surface area contributed by atoms with Gasteiger partial charge in [-0.05, 0) is 18.9 Å². The summed E-state index contributed by atoms with van der Waals surface area (Å²) in [7, 11) is -2.20. The molecule has 7 nitrogen and oxygen atoms in total. The predicted molar refractivity (Wildman–Crippen MR) is 123 cm³/mol. The maximum Gasteiger partial charge on any atom is 0.303 e. The standard InChI is InChI=1S/C25H28O7Si/c1-12(26)25(32-13(2)27)10-16-18(17(11-25)33(3,4)5)24(31)20-19(23(16)30)21(28)14-8-6-7-9-15(14)22(20)29/h6-9,14-15,17,30-31H,10-11H2,1-5H3. The number of carbonyl (C=O) groups excluding carboxylic acids is 4. The molecule has 4 unspecified atom stereocenters. The number of allylic oxidation sites excluding steroid dienone is 4. The lowest BCUT2D eigenvalue weighted by Crippen LogP contribution is -2.51. The van der Waals surface area contributed by atoms with Crippen LogP contribution < -0.4 is 0 Å². The number of ketones is 3. The molecule has 4 rings (SSSR count). The Hall–Kier alpha value is -3.00. The van der Waals surface area contributed by atoms with Gasteiger partial charge in [-0.2, -0.15) is 0 Å². The Balaban J connectivity index is 2.04. The molecule has 33 heavy (non-hydrogen) atoms. The van der Waals surface area contributed by atoms with Crippen molar-refractivity contribution in [2.24, 2.45) is 11.8 Å². The SMILES string of the molecule is CC(=O)OC1(C(C)=O)Cc2c(O)c3c(c(O)c2C([Si](C)(C)C)C1)C(=O)C1C=CC=CC1C3=O. The Kier molecular flexibility index (Phi) is 5.27. The molecule has 0 saturated heterocycles. The first-order valence-corrected chi connectivity index (χ1v) is 14.6. The number of fused-ring (bicyclic) bond motifs is 3. The average Bonchev–Trinajstić information content (AvgIpc) is 2.72. The molecule has 1 aromatic carbocycles. The summed E-state index contributed by atoms with van der Waals surface area (Å²) in [5.41, 5.74) is -1.68. The van der Waals surface area contributed by atoms with Crippen LogP contribution in [0.15, 0.2) is 24.3 Å². The minimum Gasteiger partial charge on any atom is -0.507 e. The molecule has 1 aromatic rings. The monoisotopic (exact) mass is 468 g/mol. The number of rotatable bonds is 3. The largest absolute Gasteiger partial charge is 0.507 e. The number of aromatic hydroxyl groups is 2. The van der Waals surface area contributed by atoms with Crippen LogP contribution in [0.5, 0.6) is 11.5 Å². The van der Waals surface area contributed by atoms with Crippen molar-refractivity contribution in [1.82, 2.24) is 0 Å². The second-order valence-corrected chi connectivity index (χ2v) is 15.8. The zero-order valence-corrected chi connectivity index (χ0v) is 20.4. The molecule has 2 N–H and O–H groups in total. The van der Waals surface area contributed by atoms with E-state index in [1.807, 2.05) is 19.6 Å².